The number of rotatable bonds is 5. The van der Waals surface area contributed by atoms with Gasteiger partial charge in [0.1, 0.15) is 10.5 Å². The fraction of sp³-hybridized carbons (Fsp3) is 0.222. The number of para-hydroxylation sites is 1. The maximum Gasteiger partial charge on any atom is 0.268 e. The monoisotopic (exact) mass is 384 g/mol. The first-order chi connectivity index (χ1) is 12.7. The van der Waals surface area contributed by atoms with E-state index < -0.39 is 0 Å². The number of aromatic amines is 1. The first-order valence-corrected chi connectivity index (χ1v) is 10.1. The molecule has 0 fully saturated rings. The average molecular weight is 384 g/mol. The molecule has 0 saturated carbocycles. The largest absolute Gasteiger partial charge is 0.309 e. The van der Waals surface area contributed by atoms with E-state index in [1.165, 1.54) is 23.1 Å². The van der Waals surface area contributed by atoms with Gasteiger partial charge in [0.15, 0.2) is 5.16 Å². The van der Waals surface area contributed by atoms with Gasteiger partial charge in [-0.1, -0.05) is 30.8 Å². The van der Waals surface area contributed by atoms with Crippen molar-refractivity contribution >= 4 is 44.2 Å². The lowest BCUT2D eigenvalue weighted by atomic mass is 10.2. The topological polar surface area (TPSA) is 80.6 Å². The van der Waals surface area contributed by atoms with Gasteiger partial charge in [0.2, 0.25) is 0 Å². The summed E-state index contributed by atoms with van der Waals surface area (Å²) >= 11 is 2.79. The zero-order valence-electron chi connectivity index (χ0n) is 14.1. The molecule has 3 heterocycles. The maximum atomic E-state index is 12.8. The SMILES string of the molecule is CCCn1c(SCc2nc3ccsc3c(=O)[nH]2)nc2ccccc2c1=O. The minimum Gasteiger partial charge on any atom is -0.309 e. The standard InChI is InChI=1S/C18H16N4O2S2/c1-2-8-22-17(24)11-5-3-4-6-12(11)20-18(22)26-10-14-19-13-7-9-25-15(13)16(23)21-14/h3-7,9H,2,8,10H2,1H3,(H,19,21,23). The van der Waals surface area contributed by atoms with E-state index in [9.17, 15) is 9.59 Å². The highest BCUT2D eigenvalue weighted by molar-refractivity contribution is 7.98. The molecule has 26 heavy (non-hydrogen) atoms. The number of H-pyrrole nitrogens is 1. The smallest absolute Gasteiger partial charge is 0.268 e. The number of nitrogens with one attached hydrogen (secondary N) is 1. The van der Waals surface area contributed by atoms with Crippen molar-refractivity contribution in [1.82, 2.24) is 19.5 Å². The van der Waals surface area contributed by atoms with Crippen LogP contribution in [0.1, 0.15) is 19.2 Å². The number of fused-ring (bicyclic) bond motifs is 2. The summed E-state index contributed by atoms with van der Waals surface area (Å²) in [6, 6.07) is 9.20. The van der Waals surface area contributed by atoms with Gasteiger partial charge >= 0.3 is 0 Å². The third-order valence-corrected chi connectivity index (χ3v) is 5.87. The van der Waals surface area contributed by atoms with E-state index in [1.807, 2.05) is 36.6 Å². The third kappa shape index (κ3) is 3.06. The predicted molar refractivity (Wildman–Crippen MR) is 106 cm³/mol. The summed E-state index contributed by atoms with van der Waals surface area (Å²) in [6.45, 7) is 2.63. The van der Waals surface area contributed by atoms with E-state index >= 15 is 0 Å². The van der Waals surface area contributed by atoms with Crippen LogP contribution < -0.4 is 11.1 Å². The summed E-state index contributed by atoms with van der Waals surface area (Å²) in [5.41, 5.74) is 1.22. The Bertz CT molecular complexity index is 1210. The molecule has 0 unspecified atom stereocenters. The summed E-state index contributed by atoms with van der Waals surface area (Å²) in [5.74, 6) is 1.02. The van der Waals surface area contributed by atoms with Crippen LogP contribution in [0.25, 0.3) is 21.1 Å². The van der Waals surface area contributed by atoms with Gasteiger partial charge in [0.25, 0.3) is 11.1 Å². The van der Waals surface area contributed by atoms with Crippen molar-refractivity contribution in [2.24, 2.45) is 0 Å². The minimum absolute atomic E-state index is 0.0327. The molecule has 1 aromatic carbocycles. The molecule has 0 saturated heterocycles. The maximum absolute atomic E-state index is 12.8. The Balaban J connectivity index is 1.72. The lowest BCUT2D eigenvalue weighted by molar-refractivity contribution is 0.584. The molecule has 4 aromatic rings. The number of thiophene rings is 1. The second-order valence-corrected chi connectivity index (χ2v) is 7.66. The van der Waals surface area contributed by atoms with Crippen LogP contribution in [0.3, 0.4) is 0 Å². The zero-order valence-corrected chi connectivity index (χ0v) is 15.7. The summed E-state index contributed by atoms with van der Waals surface area (Å²) in [6.07, 6.45) is 0.837. The molecule has 0 bridgehead atoms. The van der Waals surface area contributed by atoms with Gasteiger partial charge in [0.05, 0.1) is 22.2 Å². The van der Waals surface area contributed by atoms with Crippen LogP contribution in [0.4, 0.5) is 0 Å². The van der Waals surface area contributed by atoms with Crippen molar-refractivity contribution in [3.63, 3.8) is 0 Å². The van der Waals surface area contributed by atoms with Crippen molar-refractivity contribution in [3.8, 4) is 0 Å². The zero-order chi connectivity index (χ0) is 18.1. The molecule has 0 atom stereocenters. The van der Waals surface area contributed by atoms with E-state index in [4.69, 9.17) is 0 Å². The molecule has 1 N–H and O–H groups in total. The number of hydrogen-bond acceptors (Lipinski definition) is 6. The van der Waals surface area contributed by atoms with Crippen LogP contribution in [0.2, 0.25) is 0 Å². The molecule has 0 aliphatic carbocycles. The summed E-state index contributed by atoms with van der Waals surface area (Å²) in [7, 11) is 0. The molecule has 0 radical (unpaired) electrons. The van der Waals surface area contributed by atoms with Gasteiger partial charge in [-0.15, -0.1) is 11.3 Å². The van der Waals surface area contributed by atoms with Gasteiger partial charge in [-0.05, 0) is 30.0 Å². The molecule has 0 aliphatic heterocycles. The number of thioether (sulfide) groups is 1. The Morgan fingerprint density at radius 3 is 2.85 bits per heavy atom. The Labute approximate surface area is 156 Å². The van der Waals surface area contributed by atoms with Gasteiger partial charge in [-0.25, -0.2) is 9.97 Å². The van der Waals surface area contributed by atoms with Gasteiger partial charge in [0, 0.05) is 6.54 Å². The van der Waals surface area contributed by atoms with Crippen LogP contribution >= 0.6 is 23.1 Å². The normalized spacial score (nSPS) is 11.4. The molecule has 0 spiro atoms. The van der Waals surface area contributed by atoms with E-state index in [-0.39, 0.29) is 11.1 Å². The number of benzene rings is 1. The van der Waals surface area contributed by atoms with Crippen LogP contribution in [-0.4, -0.2) is 19.5 Å². The van der Waals surface area contributed by atoms with E-state index in [2.05, 4.69) is 15.0 Å². The average Bonchev–Trinajstić information content (AvgIpc) is 3.12. The summed E-state index contributed by atoms with van der Waals surface area (Å²) < 4.78 is 2.33. The first-order valence-electron chi connectivity index (χ1n) is 8.26. The Morgan fingerprint density at radius 2 is 2.00 bits per heavy atom. The quantitative estimate of drug-likeness (QED) is 0.421. The molecular weight excluding hydrogens is 368 g/mol. The Morgan fingerprint density at radius 1 is 1.15 bits per heavy atom. The predicted octanol–water partition coefficient (Wildman–Crippen LogP) is 3.40. The number of nitrogens with zero attached hydrogens (tertiary/aromatic N) is 3. The number of aromatic nitrogens is 4. The molecule has 6 nitrogen and oxygen atoms in total. The van der Waals surface area contributed by atoms with Crippen LogP contribution in [0.5, 0.6) is 0 Å². The van der Waals surface area contributed by atoms with Crippen molar-refractivity contribution in [1.29, 1.82) is 0 Å². The molecular formula is C18H16N4O2S2. The van der Waals surface area contributed by atoms with Crippen molar-refractivity contribution in [2.75, 3.05) is 0 Å². The highest BCUT2D eigenvalue weighted by atomic mass is 32.2. The highest BCUT2D eigenvalue weighted by Gasteiger charge is 2.12. The van der Waals surface area contributed by atoms with Crippen LogP contribution in [0.15, 0.2) is 50.5 Å². The van der Waals surface area contributed by atoms with E-state index in [0.717, 1.165) is 6.42 Å². The van der Waals surface area contributed by atoms with Gasteiger partial charge in [-0.2, -0.15) is 0 Å². The third-order valence-electron chi connectivity index (χ3n) is 3.98. The molecule has 0 aliphatic rings. The lowest BCUT2D eigenvalue weighted by Gasteiger charge is -2.12. The summed E-state index contributed by atoms with van der Waals surface area (Å²) in [4.78, 5) is 36.8. The second-order valence-electron chi connectivity index (χ2n) is 5.80. The first kappa shape index (κ1) is 17.0. The van der Waals surface area contributed by atoms with Gasteiger partial charge in [-0.3, -0.25) is 14.2 Å². The van der Waals surface area contributed by atoms with E-state index in [0.29, 0.717) is 44.4 Å². The van der Waals surface area contributed by atoms with E-state index in [1.54, 1.807) is 10.6 Å². The van der Waals surface area contributed by atoms with Crippen molar-refractivity contribution < 1.29 is 0 Å². The molecule has 3 aromatic heterocycles. The van der Waals surface area contributed by atoms with Crippen LogP contribution in [-0.2, 0) is 12.3 Å². The summed E-state index contributed by atoms with van der Waals surface area (Å²) in [5, 5.41) is 3.12. The Kier molecular flexibility index (Phi) is 4.60. The molecule has 4 rings (SSSR count). The fourth-order valence-electron chi connectivity index (χ4n) is 2.80. The van der Waals surface area contributed by atoms with Crippen molar-refractivity contribution in [3.05, 3.63) is 62.2 Å². The highest BCUT2D eigenvalue weighted by Crippen LogP contribution is 2.22. The molecule has 8 heteroatoms. The molecule has 0 amide bonds. The fourth-order valence-corrected chi connectivity index (χ4v) is 4.42. The lowest BCUT2D eigenvalue weighted by Crippen LogP contribution is -2.23. The molecule has 132 valence electrons. The minimum atomic E-state index is -0.127. The second kappa shape index (κ2) is 7.05. The van der Waals surface area contributed by atoms with Gasteiger partial charge < -0.3 is 4.98 Å². The Hall–Kier alpha value is -2.45. The van der Waals surface area contributed by atoms with Crippen molar-refractivity contribution in [2.45, 2.75) is 30.8 Å². The number of hydrogen-bond donors (Lipinski definition) is 1. The van der Waals surface area contributed by atoms with Crippen LogP contribution in [0, 0.1) is 0 Å².